The zero-order valence-electron chi connectivity index (χ0n) is 11.6. The average Bonchev–Trinajstić information content (AvgIpc) is 2.80. The molecule has 2 heterocycles. The van der Waals surface area contributed by atoms with Crippen molar-refractivity contribution in [2.45, 2.75) is 58.2 Å². The number of ether oxygens (including phenoxy) is 1. The maximum absolute atomic E-state index is 5.71. The second-order valence-corrected chi connectivity index (χ2v) is 6.03. The van der Waals surface area contributed by atoms with Gasteiger partial charge in [-0.3, -0.25) is 4.90 Å². The summed E-state index contributed by atoms with van der Waals surface area (Å²) in [7, 11) is 0. The lowest BCUT2D eigenvalue weighted by Crippen LogP contribution is -2.57. The van der Waals surface area contributed by atoms with Crippen molar-refractivity contribution in [3.63, 3.8) is 0 Å². The minimum absolute atomic E-state index is 0.537. The van der Waals surface area contributed by atoms with Crippen molar-refractivity contribution in [2.75, 3.05) is 26.2 Å². The molecule has 0 spiro atoms. The topological polar surface area (TPSA) is 24.5 Å². The van der Waals surface area contributed by atoms with Gasteiger partial charge >= 0.3 is 0 Å². The van der Waals surface area contributed by atoms with Crippen molar-refractivity contribution in [3.05, 3.63) is 0 Å². The van der Waals surface area contributed by atoms with Crippen molar-refractivity contribution < 1.29 is 4.74 Å². The van der Waals surface area contributed by atoms with E-state index in [0.29, 0.717) is 18.2 Å². The Morgan fingerprint density at radius 3 is 2.88 bits per heavy atom. The second kappa shape index (κ2) is 6.17. The highest BCUT2D eigenvalue weighted by Crippen LogP contribution is 2.18. The quantitative estimate of drug-likeness (QED) is 0.812. The summed E-state index contributed by atoms with van der Waals surface area (Å²) in [5.74, 6) is 0.729. The summed E-state index contributed by atoms with van der Waals surface area (Å²) in [4.78, 5) is 2.64. The Kier molecular flexibility index (Phi) is 4.83. The predicted octanol–water partition coefficient (Wildman–Crippen LogP) is 1.87. The van der Waals surface area contributed by atoms with Crippen molar-refractivity contribution in [2.24, 2.45) is 5.92 Å². The molecule has 100 valence electrons. The van der Waals surface area contributed by atoms with Crippen LogP contribution in [0.3, 0.4) is 0 Å². The molecule has 3 nitrogen and oxygen atoms in total. The zero-order chi connectivity index (χ0) is 12.3. The minimum Gasteiger partial charge on any atom is -0.378 e. The Morgan fingerprint density at radius 2 is 2.24 bits per heavy atom. The third-order valence-electron chi connectivity index (χ3n) is 4.30. The molecular formula is C14H28N2O. The van der Waals surface area contributed by atoms with Crippen LogP contribution in [0.4, 0.5) is 0 Å². The fourth-order valence-corrected chi connectivity index (χ4v) is 2.89. The molecule has 3 heteroatoms. The highest BCUT2D eigenvalue weighted by Gasteiger charge is 2.27. The Morgan fingerprint density at radius 1 is 1.41 bits per heavy atom. The Hall–Kier alpha value is -0.120. The average molecular weight is 240 g/mol. The van der Waals surface area contributed by atoms with Gasteiger partial charge in [-0.1, -0.05) is 13.8 Å². The number of hydrogen-bond donors (Lipinski definition) is 1. The van der Waals surface area contributed by atoms with Crippen LogP contribution in [0.2, 0.25) is 0 Å². The highest BCUT2D eigenvalue weighted by atomic mass is 16.5. The van der Waals surface area contributed by atoms with Crippen molar-refractivity contribution >= 4 is 0 Å². The molecule has 2 rings (SSSR count). The largest absolute Gasteiger partial charge is 0.378 e. The van der Waals surface area contributed by atoms with E-state index in [4.69, 9.17) is 4.74 Å². The van der Waals surface area contributed by atoms with Gasteiger partial charge in [0.15, 0.2) is 0 Å². The second-order valence-electron chi connectivity index (χ2n) is 6.03. The molecule has 0 bridgehead atoms. The molecule has 0 saturated carbocycles. The van der Waals surface area contributed by atoms with Crippen LogP contribution in [0.5, 0.6) is 0 Å². The van der Waals surface area contributed by atoms with Gasteiger partial charge in [-0.2, -0.15) is 0 Å². The Bertz CT molecular complexity index is 226. The van der Waals surface area contributed by atoms with E-state index in [1.54, 1.807) is 0 Å². The predicted molar refractivity (Wildman–Crippen MR) is 71.3 cm³/mol. The monoisotopic (exact) mass is 240 g/mol. The molecule has 0 radical (unpaired) electrons. The molecule has 0 aromatic heterocycles. The van der Waals surface area contributed by atoms with Gasteiger partial charge in [0, 0.05) is 38.3 Å². The van der Waals surface area contributed by atoms with Crippen LogP contribution >= 0.6 is 0 Å². The van der Waals surface area contributed by atoms with Crippen LogP contribution in [0.25, 0.3) is 0 Å². The fourth-order valence-electron chi connectivity index (χ4n) is 2.89. The van der Waals surface area contributed by atoms with Crippen LogP contribution in [-0.4, -0.2) is 49.3 Å². The van der Waals surface area contributed by atoms with E-state index in [1.165, 1.54) is 32.4 Å². The molecule has 3 unspecified atom stereocenters. The summed E-state index contributed by atoms with van der Waals surface area (Å²) < 4.78 is 5.71. The Balaban J connectivity index is 1.76. The molecule has 0 aromatic carbocycles. The molecule has 2 aliphatic rings. The number of piperazine rings is 1. The fraction of sp³-hybridized carbons (Fsp3) is 1.00. The molecule has 0 aromatic rings. The van der Waals surface area contributed by atoms with Gasteiger partial charge in [-0.05, 0) is 32.1 Å². The molecule has 2 saturated heterocycles. The van der Waals surface area contributed by atoms with Crippen LogP contribution in [-0.2, 0) is 4.74 Å². The molecule has 1 N–H and O–H groups in total. The number of rotatable bonds is 4. The van der Waals surface area contributed by atoms with Gasteiger partial charge in [0.2, 0.25) is 0 Å². The third kappa shape index (κ3) is 3.67. The molecule has 3 atom stereocenters. The van der Waals surface area contributed by atoms with Gasteiger partial charge in [-0.15, -0.1) is 0 Å². The first-order valence-electron chi connectivity index (χ1n) is 7.26. The molecule has 2 fully saturated rings. The Labute approximate surface area is 106 Å². The summed E-state index contributed by atoms with van der Waals surface area (Å²) in [6.45, 7) is 11.5. The van der Waals surface area contributed by atoms with Gasteiger partial charge < -0.3 is 10.1 Å². The van der Waals surface area contributed by atoms with Crippen molar-refractivity contribution in [1.82, 2.24) is 10.2 Å². The van der Waals surface area contributed by atoms with Gasteiger partial charge in [0.1, 0.15) is 0 Å². The lowest BCUT2D eigenvalue weighted by Gasteiger charge is -2.40. The van der Waals surface area contributed by atoms with E-state index < -0.39 is 0 Å². The van der Waals surface area contributed by atoms with Crippen molar-refractivity contribution in [1.29, 1.82) is 0 Å². The maximum Gasteiger partial charge on any atom is 0.0588 e. The molecule has 0 amide bonds. The summed E-state index contributed by atoms with van der Waals surface area (Å²) in [5, 5.41) is 3.65. The van der Waals surface area contributed by atoms with E-state index in [2.05, 4.69) is 31.0 Å². The van der Waals surface area contributed by atoms with Gasteiger partial charge in [-0.25, -0.2) is 0 Å². The van der Waals surface area contributed by atoms with E-state index in [0.717, 1.165) is 19.1 Å². The van der Waals surface area contributed by atoms with E-state index in [-0.39, 0.29) is 0 Å². The van der Waals surface area contributed by atoms with E-state index >= 15 is 0 Å². The molecule has 17 heavy (non-hydrogen) atoms. The zero-order valence-corrected chi connectivity index (χ0v) is 11.6. The maximum atomic E-state index is 5.71. The first-order valence-corrected chi connectivity index (χ1v) is 7.26. The lowest BCUT2D eigenvalue weighted by molar-refractivity contribution is 0.0698. The number of nitrogens with zero attached hydrogens (tertiary/aromatic N) is 1. The molecule has 2 aliphatic heterocycles. The summed E-state index contributed by atoms with van der Waals surface area (Å²) >= 11 is 0. The lowest BCUT2D eigenvalue weighted by atomic mass is 9.99. The van der Waals surface area contributed by atoms with Crippen LogP contribution in [0, 0.1) is 5.92 Å². The van der Waals surface area contributed by atoms with Crippen LogP contribution in [0.1, 0.15) is 40.0 Å². The standard InChI is InChI=1S/C14H28N2O/c1-11(2)14-10-16(12(3)9-15-14)7-6-13-5-4-8-17-13/h11-15H,4-10H2,1-3H3. The normalized spacial score (nSPS) is 35.6. The van der Waals surface area contributed by atoms with E-state index in [1.807, 2.05) is 0 Å². The van der Waals surface area contributed by atoms with Crippen LogP contribution < -0.4 is 5.32 Å². The summed E-state index contributed by atoms with van der Waals surface area (Å²) in [6, 6.07) is 1.34. The number of nitrogens with one attached hydrogen (secondary N) is 1. The van der Waals surface area contributed by atoms with Crippen molar-refractivity contribution in [3.8, 4) is 0 Å². The smallest absolute Gasteiger partial charge is 0.0588 e. The first kappa shape index (κ1) is 13.3. The van der Waals surface area contributed by atoms with Gasteiger partial charge in [0.25, 0.3) is 0 Å². The highest BCUT2D eigenvalue weighted by molar-refractivity contribution is 4.86. The third-order valence-corrected chi connectivity index (χ3v) is 4.30. The van der Waals surface area contributed by atoms with E-state index in [9.17, 15) is 0 Å². The number of hydrogen-bond acceptors (Lipinski definition) is 3. The first-order chi connectivity index (χ1) is 8.16. The molecular weight excluding hydrogens is 212 g/mol. The molecule has 0 aliphatic carbocycles. The summed E-state index contributed by atoms with van der Waals surface area (Å²) in [5.41, 5.74) is 0. The van der Waals surface area contributed by atoms with Crippen LogP contribution in [0.15, 0.2) is 0 Å². The minimum atomic E-state index is 0.537. The van der Waals surface area contributed by atoms with Gasteiger partial charge in [0.05, 0.1) is 6.10 Å². The SMILES string of the molecule is CC(C)C1CN(CCC2CCCO2)C(C)CN1. The summed E-state index contributed by atoms with van der Waals surface area (Å²) in [6.07, 6.45) is 4.29.